The number of rotatable bonds is 3. The smallest absolute Gasteiger partial charge is 0.306 e. The highest BCUT2D eigenvalue weighted by Gasteiger charge is 2.30. The largest absolute Gasteiger partial charge is 0.481 e. The molecule has 6 heteroatoms. The molecule has 0 spiro atoms. The lowest BCUT2D eigenvalue weighted by Crippen LogP contribution is -2.32. The molecule has 0 bridgehead atoms. The van der Waals surface area contributed by atoms with Crippen LogP contribution in [-0.2, 0) is 14.8 Å². The Hall–Kier alpha value is -0.620. The van der Waals surface area contributed by atoms with E-state index in [1.165, 1.54) is 0 Å². The maximum atomic E-state index is 10.8. The lowest BCUT2D eigenvalue weighted by molar-refractivity contribution is -0.141. The first-order valence-electron chi connectivity index (χ1n) is 4.08. The topological polar surface area (TPSA) is 83.5 Å². The van der Waals surface area contributed by atoms with Gasteiger partial charge in [0.25, 0.3) is 0 Å². The molecule has 5 nitrogen and oxygen atoms in total. The highest BCUT2D eigenvalue weighted by atomic mass is 32.2. The van der Waals surface area contributed by atoms with E-state index >= 15 is 0 Å². The molecule has 0 aliphatic heterocycles. The number of carboxylic acids is 1. The molecule has 1 rings (SSSR count). The van der Waals surface area contributed by atoms with Gasteiger partial charge in [-0.1, -0.05) is 0 Å². The van der Waals surface area contributed by atoms with Gasteiger partial charge in [-0.2, -0.15) is 0 Å². The average Bonchev–Trinajstić information content (AvgIpc) is 2.31. The minimum atomic E-state index is -3.20. The van der Waals surface area contributed by atoms with Crippen LogP contribution in [-0.4, -0.2) is 31.8 Å². The number of nitrogens with one attached hydrogen (secondary N) is 1. The zero-order valence-electron chi connectivity index (χ0n) is 7.36. The van der Waals surface area contributed by atoms with Crippen molar-refractivity contribution in [1.29, 1.82) is 0 Å². The molecule has 1 aliphatic carbocycles. The van der Waals surface area contributed by atoms with Gasteiger partial charge in [-0.05, 0) is 19.3 Å². The molecular formula is C7H13NO4S. The summed E-state index contributed by atoms with van der Waals surface area (Å²) >= 11 is 0. The number of hydrogen-bond acceptors (Lipinski definition) is 3. The Balaban J connectivity index is 2.47. The first-order chi connectivity index (χ1) is 5.88. The average molecular weight is 207 g/mol. The Morgan fingerprint density at radius 1 is 1.46 bits per heavy atom. The third-order valence-electron chi connectivity index (χ3n) is 2.16. The number of sulfonamides is 1. The lowest BCUT2D eigenvalue weighted by atomic mass is 10.1. The van der Waals surface area contributed by atoms with E-state index in [0.717, 1.165) is 6.26 Å². The lowest BCUT2D eigenvalue weighted by Gasteiger charge is -2.09. The van der Waals surface area contributed by atoms with Crippen LogP contribution in [0.1, 0.15) is 19.3 Å². The summed E-state index contributed by atoms with van der Waals surface area (Å²) in [6.45, 7) is 0. The highest BCUT2D eigenvalue weighted by Crippen LogP contribution is 2.25. The van der Waals surface area contributed by atoms with Gasteiger partial charge >= 0.3 is 5.97 Å². The second-order valence-electron chi connectivity index (χ2n) is 3.44. The normalized spacial score (nSPS) is 29.0. The van der Waals surface area contributed by atoms with Crippen molar-refractivity contribution in [2.45, 2.75) is 25.3 Å². The van der Waals surface area contributed by atoms with Crippen molar-refractivity contribution in [3.05, 3.63) is 0 Å². The van der Waals surface area contributed by atoms with Crippen LogP contribution < -0.4 is 4.72 Å². The molecule has 2 atom stereocenters. The van der Waals surface area contributed by atoms with Gasteiger partial charge in [0.2, 0.25) is 10.0 Å². The van der Waals surface area contributed by atoms with Crippen LogP contribution in [0.3, 0.4) is 0 Å². The maximum absolute atomic E-state index is 10.8. The molecule has 13 heavy (non-hydrogen) atoms. The Morgan fingerprint density at radius 2 is 2.08 bits per heavy atom. The SMILES string of the molecule is CS(=O)(=O)NC1CCC(C(=O)O)C1. The summed E-state index contributed by atoms with van der Waals surface area (Å²) in [5.74, 6) is -1.22. The summed E-state index contributed by atoms with van der Waals surface area (Å²) in [6.07, 6.45) is 2.66. The monoisotopic (exact) mass is 207 g/mol. The van der Waals surface area contributed by atoms with Gasteiger partial charge in [0, 0.05) is 6.04 Å². The van der Waals surface area contributed by atoms with Gasteiger partial charge in [0.05, 0.1) is 12.2 Å². The number of hydrogen-bond donors (Lipinski definition) is 2. The molecule has 0 saturated heterocycles. The fourth-order valence-corrected chi connectivity index (χ4v) is 2.44. The van der Waals surface area contributed by atoms with Crippen molar-refractivity contribution in [2.75, 3.05) is 6.26 Å². The van der Waals surface area contributed by atoms with E-state index in [1.807, 2.05) is 0 Å². The van der Waals surface area contributed by atoms with Crippen molar-refractivity contribution >= 4 is 16.0 Å². The van der Waals surface area contributed by atoms with E-state index in [-0.39, 0.29) is 12.0 Å². The van der Waals surface area contributed by atoms with Gasteiger partial charge in [0.15, 0.2) is 0 Å². The minimum absolute atomic E-state index is 0.198. The molecule has 76 valence electrons. The Labute approximate surface area is 77.2 Å². The van der Waals surface area contributed by atoms with Gasteiger partial charge in [0.1, 0.15) is 0 Å². The van der Waals surface area contributed by atoms with Crippen molar-refractivity contribution in [3.8, 4) is 0 Å². The quantitative estimate of drug-likeness (QED) is 0.670. The summed E-state index contributed by atoms with van der Waals surface area (Å²) in [7, 11) is -3.20. The Bertz CT molecular complexity index is 298. The van der Waals surface area contributed by atoms with E-state index in [4.69, 9.17) is 5.11 Å². The van der Waals surface area contributed by atoms with Crippen LogP contribution in [0.15, 0.2) is 0 Å². The Kier molecular flexibility index (Phi) is 2.92. The van der Waals surface area contributed by atoms with Crippen molar-refractivity contribution in [3.63, 3.8) is 0 Å². The summed E-state index contributed by atoms with van der Waals surface area (Å²) in [5.41, 5.74) is 0. The number of aliphatic carboxylic acids is 1. The third kappa shape index (κ3) is 3.31. The third-order valence-corrected chi connectivity index (χ3v) is 2.92. The fourth-order valence-electron chi connectivity index (χ4n) is 1.62. The van der Waals surface area contributed by atoms with E-state index < -0.39 is 16.0 Å². The summed E-state index contributed by atoms with van der Waals surface area (Å²) in [5, 5.41) is 8.65. The van der Waals surface area contributed by atoms with Crippen molar-refractivity contribution in [1.82, 2.24) is 4.72 Å². The van der Waals surface area contributed by atoms with Crippen LogP contribution in [0, 0.1) is 5.92 Å². The van der Waals surface area contributed by atoms with E-state index in [9.17, 15) is 13.2 Å². The zero-order valence-corrected chi connectivity index (χ0v) is 8.17. The molecule has 2 unspecified atom stereocenters. The van der Waals surface area contributed by atoms with Gasteiger partial charge in [-0.15, -0.1) is 0 Å². The van der Waals surface area contributed by atoms with Crippen LogP contribution in [0.2, 0.25) is 0 Å². The minimum Gasteiger partial charge on any atom is -0.481 e. The molecule has 0 aromatic rings. The van der Waals surface area contributed by atoms with E-state index in [1.54, 1.807) is 0 Å². The number of carbonyl (C=O) groups is 1. The first kappa shape index (κ1) is 10.5. The molecule has 1 saturated carbocycles. The zero-order chi connectivity index (χ0) is 10.1. The van der Waals surface area contributed by atoms with Crippen molar-refractivity contribution in [2.24, 2.45) is 5.92 Å². The molecule has 0 heterocycles. The summed E-state index contributed by atoms with van der Waals surface area (Å²) < 4.78 is 24.0. The van der Waals surface area contributed by atoms with Crippen LogP contribution in [0.25, 0.3) is 0 Å². The standard InChI is InChI=1S/C7H13NO4S/c1-13(11,12)8-6-3-2-5(4-6)7(9)10/h5-6,8H,2-4H2,1H3,(H,9,10). The summed E-state index contributed by atoms with van der Waals surface area (Å²) in [6, 6.07) is -0.198. The van der Waals surface area contributed by atoms with Crippen LogP contribution in [0.4, 0.5) is 0 Å². The molecule has 0 radical (unpaired) electrons. The van der Waals surface area contributed by atoms with Crippen LogP contribution in [0.5, 0.6) is 0 Å². The predicted octanol–water partition coefficient (Wildman–Crippen LogP) is -0.211. The second-order valence-corrected chi connectivity index (χ2v) is 5.22. The Morgan fingerprint density at radius 3 is 2.46 bits per heavy atom. The summed E-state index contributed by atoms with van der Waals surface area (Å²) in [4.78, 5) is 10.5. The first-order valence-corrected chi connectivity index (χ1v) is 5.98. The molecular weight excluding hydrogens is 194 g/mol. The van der Waals surface area contributed by atoms with Crippen LogP contribution >= 0.6 is 0 Å². The maximum Gasteiger partial charge on any atom is 0.306 e. The van der Waals surface area contributed by atoms with Crippen molar-refractivity contribution < 1.29 is 18.3 Å². The predicted molar refractivity (Wildman–Crippen MR) is 46.7 cm³/mol. The second kappa shape index (κ2) is 3.63. The molecule has 0 amide bonds. The highest BCUT2D eigenvalue weighted by molar-refractivity contribution is 7.88. The molecule has 2 N–H and O–H groups in total. The van der Waals surface area contributed by atoms with E-state index in [2.05, 4.69) is 4.72 Å². The van der Waals surface area contributed by atoms with Gasteiger partial charge < -0.3 is 5.11 Å². The molecule has 1 aliphatic rings. The van der Waals surface area contributed by atoms with Gasteiger partial charge in [-0.3, -0.25) is 4.79 Å². The van der Waals surface area contributed by atoms with Gasteiger partial charge in [-0.25, -0.2) is 13.1 Å². The van der Waals surface area contributed by atoms with E-state index in [0.29, 0.717) is 19.3 Å². The molecule has 0 aromatic heterocycles. The molecule has 1 fully saturated rings. The number of carboxylic acid groups (broad SMARTS) is 1. The molecule has 0 aromatic carbocycles. The fraction of sp³-hybridized carbons (Fsp3) is 0.857.